The Labute approximate surface area is 148 Å². The lowest BCUT2D eigenvalue weighted by molar-refractivity contribution is -0.142. The quantitative estimate of drug-likeness (QED) is 0.798. The minimum Gasteiger partial charge on any atom is -0.490 e. The van der Waals surface area contributed by atoms with Gasteiger partial charge in [0.15, 0.2) is 0 Å². The summed E-state index contributed by atoms with van der Waals surface area (Å²) in [5.41, 5.74) is 0.835. The van der Waals surface area contributed by atoms with Crippen molar-refractivity contribution in [1.29, 1.82) is 0 Å². The lowest BCUT2D eigenvalue weighted by Crippen LogP contribution is -2.53. The van der Waals surface area contributed by atoms with Crippen LogP contribution in [0.4, 0.5) is 5.69 Å². The molecule has 25 heavy (non-hydrogen) atoms. The van der Waals surface area contributed by atoms with Crippen LogP contribution in [0, 0.1) is 0 Å². The number of ether oxygens (including phenoxy) is 2. The summed E-state index contributed by atoms with van der Waals surface area (Å²) in [4.78, 5) is 30.6. The fourth-order valence-corrected chi connectivity index (χ4v) is 3.19. The maximum absolute atomic E-state index is 12.7. The van der Waals surface area contributed by atoms with Gasteiger partial charge in [0.25, 0.3) is 5.91 Å². The average molecular weight is 347 g/mol. The number of fused-ring (bicyclic) bond motifs is 1. The van der Waals surface area contributed by atoms with Crippen molar-refractivity contribution in [2.24, 2.45) is 0 Å². The molecule has 0 spiro atoms. The number of carbonyl (C=O) groups is 2. The van der Waals surface area contributed by atoms with Crippen molar-refractivity contribution in [3.63, 3.8) is 0 Å². The van der Waals surface area contributed by atoms with E-state index < -0.39 is 6.10 Å². The van der Waals surface area contributed by atoms with Crippen LogP contribution in [-0.4, -0.2) is 80.7 Å². The van der Waals surface area contributed by atoms with Crippen molar-refractivity contribution in [2.45, 2.75) is 13.0 Å². The first-order valence-electron chi connectivity index (χ1n) is 8.66. The average Bonchev–Trinajstić information content (AvgIpc) is 2.66. The second-order valence-electron chi connectivity index (χ2n) is 6.34. The molecule has 0 aromatic heterocycles. The van der Waals surface area contributed by atoms with Gasteiger partial charge in [-0.05, 0) is 19.1 Å². The highest BCUT2D eigenvalue weighted by molar-refractivity contribution is 5.96. The normalized spacial score (nSPS) is 19.1. The molecule has 136 valence electrons. The molecule has 0 radical (unpaired) electrons. The summed E-state index contributed by atoms with van der Waals surface area (Å²) < 4.78 is 10.7. The molecule has 1 atom stereocenters. The fraction of sp³-hybridized carbons (Fsp3) is 0.556. The molecule has 0 N–H and O–H groups in total. The summed E-state index contributed by atoms with van der Waals surface area (Å²) in [7, 11) is 1.54. The van der Waals surface area contributed by atoms with Gasteiger partial charge in [-0.2, -0.15) is 0 Å². The van der Waals surface area contributed by atoms with E-state index >= 15 is 0 Å². The van der Waals surface area contributed by atoms with E-state index in [1.165, 1.54) is 7.11 Å². The number of rotatable bonds is 4. The van der Waals surface area contributed by atoms with Gasteiger partial charge in [-0.1, -0.05) is 12.1 Å². The Kier molecular flexibility index (Phi) is 5.55. The minimum atomic E-state index is -0.418. The smallest absolute Gasteiger partial charge is 0.251 e. The molecule has 1 aromatic carbocycles. The van der Waals surface area contributed by atoms with Crippen LogP contribution in [0.3, 0.4) is 0 Å². The van der Waals surface area contributed by atoms with Gasteiger partial charge in [0.2, 0.25) is 5.91 Å². The van der Waals surface area contributed by atoms with Crippen LogP contribution in [0.1, 0.15) is 6.92 Å². The van der Waals surface area contributed by atoms with Gasteiger partial charge in [0, 0.05) is 33.3 Å². The molecule has 0 saturated carbocycles. The first-order valence-corrected chi connectivity index (χ1v) is 8.66. The van der Waals surface area contributed by atoms with E-state index in [9.17, 15) is 9.59 Å². The lowest BCUT2D eigenvalue weighted by atomic mass is 10.2. The topological polar surface area (TPSA) is 62.3 Å². The Hall–Kier alpha value is -2.12. The summed E-state index contributed by atoms with van der Waals surface area (Å²) in [6, 6.07) is 7.62. The summed E-state index contributed by atoms with van der Waals surface area (Å²) in [6.45, 7) is 5.84. The molecule has 0 aliphatic carbocycles. The fourth-order valence-electron chi connectivity index (χ4n) is 3.19. The van der Waals surface area contributed by atoms with Crippen LogP contribution < -0.4 is 9.64 Å². The van der Waals surface area contributed by atoms with Crippen molar-refractivity contribution in [2.75, 3.05) is 57.9 Å². The van der Waals surface area contributed by atoms with E-state index in [0.717, 1.165) is 11.4 Å². The number of carbonyl (C=O) groups excluding carboxylic acids is 2. The second-order valence-corrected chi connectivity index (χ2v) is 6.34. The molecule has 7 nitrogen and oxygen atoms in total. The predicted molar refractivity (Wildman–Crippen MR) is 93.8 cm³/mol. The summed E-state index contributed by atoms with van der Waals surface area (Å²) >= 11 is 0. The van der Waals surface area contributed by atoms with E-state index in [4.69, 9.17) is 9.47 Å². The third-order valence-electron chi connectivity index (χ3n) is 4.77. The Bertz CT molecular complexity index is 629. The first kappa shape index (κ1) is 17.7. The molecule has 2 aliphatic rings. The van der Waals surface area contributed by atoms with Gasteiger partial charge in [-0.25, -0.2) is 0 Å². The van der Waals surface area contributed by atoms with E-state index in [1.54, 1.807) is 16.7 Å². The highest BCUT2D eigenvalue weighted by atomic mass is 16.5. The van der Waals surface area contributed by atoms with E-state index in [-0.39, 0.29) is 11.8 Å². The molecule has 2 aliphatic heterocycles. The third-order valence-corrected chi connectivity index (χ3v) is 4.77. The number of benzene rings is 1. The molecule has 1 unspecified atom stereocenters. The number of para-hydroxylation sites is 2. The highest BCUT2D eigenvalue weighted by Gasteiger charge is 2.28. The van der Waals surface area contributed by atoms with Gasteiger partial charge in [-0.3, -0.25) is 14.5 Å². The van der Waals surface area contributed by atoms with E-state index in [0.29, 0.717) is 45.9 Å². The van der Waals surface area contributed by atoms with Crippen LogP contribution in [0.25, 0.3) is 0 Å². The van der Waals surface area contributed by atoms with Crippen LogP contribution in [0.5, 0.6) is 5.75 Å². The zero-order valence-electron chi connectivity index (χ0n) is 14.8. The lowest BCUT2D eigenvalue weighted by Gasteiger charge is -2.37. The molecule has 1 saturated heterocycles. The molecule has 7 heteroatoms. The number of hydrogen-bond acceptors (Lipinski definition) is 5. The molecule has 1 fully saturated rings. The molecular formula is C18H25N3O4. The van der Waals surface area contributed by atoms with Crippen LogP contribution in [-0.2, 0) is 14.3 Å². The number of hydrogen-bond donors (Lipinski definition) is 0. The molecular weight excluding hydrogens is 322 g/mol. The Morgan fingerprint density at radius 1 is 1.16 bits per heavy atom. The predicted octanol–water partition coefficient (Wildman–Crippen LogP) is 0.591. The zero-order chi connectivity index (χ0) is 17.8. The number of methoxy groups -OCH3 is 1. The third kappa shape index (κ3) is 3.93. The zero-order valence-corrected chi connectivity index (χ0v) is 14.8. The van der Waals surface area contributed by atoms with Gasteiger partial charge in [0.1, 0.15) is 18.5 Å². The second kappa shape index (κ2) is 7.84. The Morgan fingerprint density at radius 2 is 1.88 bits per heavy atom. The van der Waals surface area contributed by atoms with Gasteiger partial charge in [0.05, 0.1) is 18.8 Å². The number of amides is 2. The van der Waals surface area contributed by atoms with Crippen molar-refractivity contribution < 1.29 is 19.1 Å². The Balaban J connectivity index is 1.55. The largest absolute Gasteiger partial charge is 0.490 e. The summed E-state index contributed by atoms with van der Waals surface area (Å²) in [6.07, 6.45) is -0.418. The summed E-state index contributed by atoms with van der Waals surface area (Å²) in [5, 5.41) is 0. The maximum atomic E-state index is 12.7. The number of anilines is 1. The van der Waals surface area contributed by atoms with Crippen LogP contribution in [0.15, 0.2) is 24.3 Å². The molecule has 1 aromatic rings. The van der Waals surface area contributed by atoms with Crippen LogP contribution in [0.2, 0.25) is 0 Å². The molecule has 2 heterocycles. The SMILES string of the molecule is COC(C)C(=O)N1CCN(CC(=O)N2CCOc3ccccc32)CC1. The van der Waals surface area contributed by atoms with Gasteiger partial charge >= 0.3 is 0 Å². The number of nitrogens with zero attached hydrogens (tertiary/aromatic N) is 3. The van der Waals surface area contributed by atoms with E-state index in [2.05, 4.69) is 4.90 Å². The minimum absolute atomic E-state index is 0.00980. The van der Waals surface area contributed by atoms with Crippen molar-refractivity contribution in [1.82, 2.24) is 9.80 Å². The van der Waals surface area contributed by atoms with Crippen molar-refractivity contribution in [3.8, 4) is 5.75 Å². The highest BCUT2D eigenvalue weighted by Crippen LogP contribution is 2.31. The molecule has 2 amide bonds. The van der Waals surface area contributed by atoms with Crippen LogP contribution >= 0.6 is 0 Å². The summed E-state index contributed by atoms with van der Waals surface area (Å²) in [5.74, 6) is 0.836. The van der Waals surface area contributed by atoms with Crippen molar-refractivity contribution in [3.05, 3.63) is 24.3 Å². The van der Waals surface area contributed by atoms with Gasteiger partial charge in [-0.15, -0.1) is 0 Å². The van der Waals surface area contributed by atoms with Crippen molar-refractivity contribution >= 4 is 17.5 Å². The first-order chi connectivity index (χ1) is 12.1. The number of piperazine rings is 1. The van der Waals surface area contributed by atoms with Gasteiger partial charge < -0.3 is 19.3 Å². The maximum Gasteiger partial charge on any atom is 0.251 e. The standard InChI is InChI=1S/C18H25N3O4/c1-14(24-2)18(23)20-9-7-19(8-10-20)13-17(22)21-11-12-25-16-6-4-3-5-15(16)21/h3-6,14H,7-13H2,1-2H3. The Morgan fingerprint density at radius 3 is 2.60 bits per heavy atom. The molecule has 0 bridgehead atoms. The molecule has 3 rings (SSSR count). The monoisotopic (exact) mass is 347 g/mol. The van der Waals surface area contributed by atoms with E-state index in [1.807, 2.05) is 24.3 Å².